The smallest absolute Gasteiger partial charge is 0.239 e. The normalized spacial score (nSPS) is 12.9. The highest BCUT2D eigenvalue weighted by molar-refractivity contribution is 7.81. The van der Waals surface area contributed by atoms with Crippen molar-refractivity contribution in [3.63, 3.8) is 0 Å². The zero-order chi connectivity index (χ0) is 13.3. The van der Waals surface area contributed by atoms with Gasteiger partial charge in [0.15, 0.2) is 5.13 Å². The lowest BCUT2D eigenvalue weighted by Gasteiger charge is -2.12. The van der Waals surface area contributed by atoms with Crippen LogP contribution in [0.2, 0.25) is 0 Å². The average molecular weight is 280 g/mol. The van der Waals surface area contributed by atoms with E-state index in [9.17, 15) is 4.79 Å². The van der Waals surface area contributed by atoms with Crippen molar-refractivity contribution in [1.29, 1.82) is 0 Å². The van der Waals surface area contributed by atoms with Crippen LogP contribution < -0.4 is 5.32 Å². The number of rotatable bonds is 3. The van der Waals surface area contributed by atoms with Crippen LogP contribution in [0.15, 0.2) is 18.2 Å². The minimum atomic E-state index is -0.307. The molecule has 0 saturated heterocycles. The van der Waals surface area contributed by atoms with E-state index in [1.807, 2.05) is 32.9 Å². The second kappa shape index (κ2) is 5.28. The van der Waals surface area contributed by atoms with E-state index < -0.39 is 0 Å². The minimum absolute atomic E-state index is 0.0934. The first-order valence-corrected chi connectivity index (χ1v) is 7.17. The second-order valence-electron chi connectivity index (χ2n) is 4.67. The molecule has 96 valence electrons. The van der Waals surface area contributed by atoms with Crippen LogP contribution in [0.5, 0.6) is 0 Å². The Morgan fingerprint density at radius 3 is 2.83 bits per heavy atom. The van der Waals surface area contributed by atoms with Gasteiger partial charge in [-0.15, -0.1) is 0 Å². The molecule has 0 bridgehead atoms. The molecule has 1 aromatic heterocycles. The van der Waals surface area contributed by atoms with Crippen LogP contribution in [-0.4, -0.2) is 16.1 Å². The molecule has 5 heteroatoms. The third kappa shape index (κ3) is 2.84. The maximum Gasteiger partial charge on any atom is 0.239 e. The highest BCUT2D eigenvalue weighted by Gasteiger charge is 2.18. The lowest BCUT2D eigenvalue weighted by molar-refractivity contribution is -0.116. The van der Waals surface area contributed by atoms with Crippen LogP contribution in [-0.2, 0) is 4.79 Å². The first-order chi connectivity index (χ1) is 8.47. The molecule has 0 spiro atoms. The van der Waals surface area contributed by atoms with Gasteiger partial charge in [0.1, 0.15) is 0 Å². The average Bonchev–Trinajstić information content (AvgIpc) is 2.68. The number of thiazole rings is 1. The summed E-state index contributed by atoms with van der Waals surface area (Å²) >= 11 is 5.79. The van der Waals surface area contributed by atoms with E-state index in [0.717, 1.165) is 10.2 Å². The Hall–Kier alpha value is -1.07. The first-order valence-electron chi connectivity index (χ1n) is 5.83. The zero-order valence-electron chi connectivity index (χ0n) is 10.6. The van der Waals surface area contributed by atoms with E-state index in [-0.39, 0.29) is 17.1 Å². The number of aromatic nitrogens is 1. The fourth-order valence-corrected chi connectivity index (χ4v) is 2.60. The summed E-state index contributed by atoms with van der Waals surface area (Å²) in [6.07, 6.45) is 0. The van der Waals surface area contributed by atoms with Gasteiger partial charge in [0, 0.05) is 0 Å². The maximum absolute atomic E-state index is 11.9. The Morgan fingerprint density at radius 2 is 2.17 bits per heavy atom. The van der Waals surface area contributed by atoms with E-state index in [1.165, 1.54) is 16.9 Å². The molecule has 1 unspecified atom stereocenters. The lowest BCUT2D eigenvalue weighted by atomic mass is 10.1. The summed E-state index contributed by atoms with van der Waals surface area (Å²) in [5.74, 6) is 0.106. The number of carbonyl (C=O) groups excluding carboxylic acids is 1. The fourth-order valence-electron chi connectivity index (χ4n) is 1.57. The van der Waals surface area contributed by atoms with E-state index in [4.69, 9.17) is 0 Å². The second-order valence-corrected chi connectivity index (χ2v) is 6.26. The number of amides is 1. The van der Waals surface area contributed by atoms with Gasteiger partial charge in [-0.1, -0.05) is 31.3 Å². The van der Waals surface area contributed by atoms with Gasteiger partial charge in [-0.05, 0) is 30.5 Å². The van der Waals surface area contributed by atoms with Crippen LogP contribution in [0, 0.1) is 12.8 Å². The molecule has 0 aliphatic carbocycles. The van der Waals surface area contributed by atoms with Crippen molar-refractivity contribution >= 4 is 45.2 Å². The molecule has 2 rings (SSSR count). The molecular formula is C13H16N2OS2. The highest BCUT2D eigenvalue weighted by Crippen LogP contribution is 2.27. The van der Waals surface area contributed by atoms with E-state index in [2.05, 4.69) is 29.0 Å². The number of nitrogens with one attached hydrogen (secondary N) is 1. The largest absolute Gasteiger partial charge is 0.301 e. The summed E-state index contributed by atoms with van der Waals surface area (Å²) in [4.78, 5) is 16.3. The van der Waals surface area contributed by atoms with Gasteiger partial charge in [-0.25, -0.2) is 4.98 Å². The van der Waals surface area contributed by atoms with Crippen molar-refractivity contribution < 1.29 is 4.79 Å². The van der Waals surface area contributed by atoms with Crippen LogP contribution in [0.25, 0.3) is 10.2 Å². The first kappa shape index (κ1) is 13.4. The number of nitrogens with zero attached hydrogens (tertiary/aromatic N) is 1. The van der Waals surface area contributed by atoms with Crippen molar-refractivity contribution in [2.24, 2.45) is 5.92 Å². The molecule has 1 atom stereocenters. The number of hydrogen-bond donors (Lipinski definition) is 2. The Morgan fingerprint density at radius 1 is 1.44 bits per heavy atom. The minimum Gasteiger partial charge on any atom is -0.301 e. The molecule has 0 aliphatic heterocycles. The number of anilines is 1. The molecular weight excluding hydrogens is 264 g/mol. The van der Waals surface area contributed by atoms with Crippen molar-refractivity contribution in [1.82, 2.24) is 4.98 Å². The lowest BCUT2D eigenvalue weighted by Crippen LogP contribution is -2.27. The molecule has 0 saturated carbocycles. The Bertz CT molecular complexity index is 577. The van der Waals surface area contributed by atoms with Gasteiger partial charge in [0.05, 0.1) is 15.5 Å². The topological polar surface area (TPSA) is 42.0 Å². The highest BCUT2D eigenvalue weighted by atomic mass is 32.1. The van der Waals surface area contributed by atoms with Crippen LogP contribution in [0.3, 0.4) is 0 Å². The number of thiol groups is 1. The van der Waals surface area contributed by atoms with Gasteiger partial charge in [0.25, 0.3) is 0 Å². The summed E-state index contributed by atoms with van der Waals surface area (Å²) in [6, 6.07) is 6.06. The van der Waals surface area contributed by atoms with Crippen LogP contribution in [0.4, 0.5) is 5.13 Å². The number of fused-ring (bicyclic) bond motifs is 1. The molecule has 1 aromatic carbocycles. The maximum atomic E-state index is 11.9. The summed E-state index contributed by atoms with van der Waals surface area (Å²) in [5.41, 5.74) is 2.11. The predicted octanol–water partition coefficient (Wildman–Crippen LogP) is 3.50. The summed E-state index contributed by atoms with van der Waals surface area (Å²) < 4.78 is 1.09. The predicted molar refractivity (Wildman–Crippen MR) is 80.6 cm³/mol. The van der Waals surface area contributed by atoms with Gasteiger partial charge >= 0.3 is 0 Å². The van der Waals surface area contributed by atoms with Gasteiger partial charge in [-0.3, -0.25) is 4.79 Å². The van der Waals surface area contributed by atoms with Gasteiger partial charge in [-0.2, -0.15) is 12.6 Å². The molecule has 3 nitrogen and oxygen atoms in total. The third-order valence-corrected chi connectivity index (χ3v) is 4.44. The number of benzene rings is 1. The summed E-state index contributed by atoms with van der Waals surface area (Å²) in [5, 5.41) is 3.16. The number of aryl methyl sites for hydroxylation is 1. The molecule has 0 aliphatic rings. The quantitative estimate of drug-likeness (QED) is 0.845. The van der Waals surface area contributed by atoms with E-state index >= 15 is 0 Å². The summed E-state index contributed by atoms with van der Waals surface area (Å²) in [7, 11) is 0. The van der Waals surface area contributed by atoms with Crippen molar-refractivity contribution in [2.75, 3.05) is 5.32 Å². The Labute approximate surface area is 116 Å². The monoisotopic (exact) mass is 280 g/mol. The van der Waals surface area contributed by atoms with Crippen LogP contribution in [0.1, 0.15) is 19.4 Å². The van der Waals surface area contributed by atoms with Gasteiger partial charge < -0.3 is 5.32 Å². The molecule has 1 amide bonds. The summed E-state index contributed by atoms with van der Waals surface area (Å²) in [6.45, 7) is 5.98. The fraction of sp³-hybridized carbons (Fsp3) is 0.385. The van der Waals surface area contributed by atoms with E-state index in [1.54, 1.807) is 0 Å². The van der Waals surface area contributed by atoms with Crippen molar-refractivity contribution in [3.8, 4) is 0 Å². The number of hydrogen-bond acceptors (Lipinski definition) is 4. The standard InChI is InChI=1S/C13H16N2OS2/c1-7(2)11(17)12(16)15-13-14-9-5-4-8(3)6-10(9)18-13/h4-7,11,17H,1-3H3,(H,14,15,16). The van der Waals surface area contributed by atoms with Crippen LogP contribution >= 0.6 is 24.0 Å². The van der Waals surface area contributed by atoms with E-state index in [0.29, 0.717) is 5.13 Å². The molecule has 2 aromatic rings. The Kier molecular flexibility index (Phi) is 3.92. The molecule has 1 N–H and O–H groups in total. The molecule has 0 fully saturated rings. The van der Waals surface area contributed by atoms with Crippen molar-refractivity contribution in [2.45, 2.75) is 26.0 Å². The molecule has 1 heterocycles. The SMILES string of the molecule is Cc1ccc2nc(NC(=O)C(S)C(C)C)sc2c1. The van der Waals surface area contributed by atoms with Crippen molar-refractivity contribution in [3.05, 3.63) is 23.8 Å². The van der Waals surface area contributed by atoms with Gasteiger partial charge in [0.2, 0.25) is 5.91 Å². The Balaban J connectivity index is 2.20. The zero-order valence-corrected chi connectivity index (χ0v) is 12.3. The third-order valence-electron chi connectivity index (χ3n) is 2.67. The molecule has 18 heavy (non-hydrogen) atoms. The number of carbonyl (C=O) groups is 1. The molecule has 0 radical (unpaired) electrons.